The normalized spacial score (nSPS) is 13.7. The average Bonchev–Trinajstić information content (AvgIpc) is 2.45. The molecule has 1 aromatic rings. The van der Waals surface area contributed by atoms with E-state index in [0.29, 0.717) is 5.57 Å². The zero-order valence-electron chi connectivity index (χ0n) is 11.8. The second-order valence-electron chi connectivity index (χ2n) is 4.11. The average molecular weight is 264 g/mol. The van der Waals surface area contributed by atoms with E-state index in [1.807, 2.05) is 37.3 Å². The molecule has 0 saturated carbocycles. The Morgan fingerprint density at radius 1 is 1.21 bits per heavy atom. The molecule has 0 radical (unpaired) electrons. The summed E-state index contributed by atoms with van der Waals surface area (Å²) in [6, 6.07) is 9.64. The molecule has 0 bridgehead atoms. The largest absolute Gasteiger partial charge is 0.466 e. The van der Waals surface area contributed by atoms with Crippen molar-refractivity contribution in [3.8, 4) is 0 Å². The lowest BCUT2D eigenvalue weighted by Crippen LogP contribution is -2.17. The molecular formula is C15H20O4. The molecule has 4 nitrogen and oxygen atoms in total. The van der Waals surface area contributed by atoms with Crippen LogP contribution in [-0.4, -0.2) is 33.1 Å². The molecule has 0 amide bonds. The molecule has 0 aliphatic carbocycles. The van der Waals surface area contributed by atoms with E-state index in [9.17, 15) is 4.79 Å². The van der Waals surface area contributed by atoms with Crippen LogP contribution in [0, 0.1) is 0 Å². The van der Waals surface area contributed by atoms with Gasteiger partial charge in [0.05, 0.1) is 13.2 Å². The maximum atomic E-state index is 11.7. The van der Waals surface area contributed by atoms with E-state index in [0.717, 1.165) is 11.1 Å². The fraction of sp³-hybridized carbons (Fsp3) is 0.400. The van der Waals surface area contributed by atoms with Crippen molar-refractivity contribution in [3.05, 3.63) is 41.5 Å². The predicted molar refractivity (Wildman–Crippen MR) is 73.5 cm³/mol. The van der Waals surface area contributed by atoms with Crippen LogP contribution >= 0.6 is 0 Å². The van der Waals surface area contributed by atoms with Crippen LogP contribution in [0.2, 0.25) is 0 Å². The number of esters is 1. The fourth-order valence-corrected chi connectivity index (χ4v) is 1.89. The highest BCUT2D eigenvalue weighted by molar-refractivity contribution is 5.97. The molecule has 0 saturated heterocycles. The second-order valence-corrected chi connectivity index (χ2v) is 4.11. The number of benzene rings is 1. The van der Waals surface area contributed by atoms with E-state index >= 15 is 0 Å². The summed E-state index contributed by atoms with van der Waals surface area (Å²) in [5.41, 5.74) is 2.29. The van der Waals surface area contributed by atoms with Crippen molar-refractivity contribution >= 4 is 11.5 Å². The lowest BCUT2D eigenvalue weighted by molar-refractivity contribution is -0.136. The highest BCUT2D eigenvalue weighted by Gasteiger charge is 2.19. The van der Waals surface area contributed by atoms with Gasteiger partial charge in [-0.1, -0.05) is 30.3 Å². The Morgan fingerprint density at radius 3 is 2.37 bits per heavy atom. The number of carbonyl (C=O) groups excluding carboxylic acids is 1. The first-order chi connectivity index (χ1) is 9.11. The Labute approximate surface area is 114 Å². The molecule has 0 heterocycles. The van der Waals surface area contributed by atoms with Gasteiger partial charge in [0.1, 0.15) is 6.79 Å². The molecule has 1 aromatic carbocycles. The quantitative estimate of drug-likeness (QED) is 0.450. The molecule has 0 fully saturated rings. The zero-order chi connectivity index (χ0) is 14.3. The van der Waals surface area contributed by atoms with Gasteiger partial charge in [0.2, 0.25) is 0 Å². The molecule has 0 spiro atoms. The summed E-state index contributed by atoms with van der Waals surface area (Å²) in [4.78, 5) is 11.7. The standard InChI is InChI=1S/C15H20O4/c1-11(15(16)18-4)14(12(2)19-10-17-3)13-8-6-5-7-9-13/h5-9,12H,10H2,1-4H3/b14-11+. The third-order valence-corrected chi connectivity index (χ3v) is 2.82. The molecule has 4 heteroatoms. The topological polar surface area (TPSA) is 44.8 Å². The first-order valence-electron chi connectivity index (χ1n) is 6.06. The molecule has 1 atom stereocenters. The van der Waals surface area contributed by atoms with Crippen LogP contribution < -0.4 is 0 Å². The van der Waals surface area contributed by atoms with Crippen LogP contribution in [0.25, 0.3) is 5.57 Å². The molecule has 1 rings (SSSR count). The number of rotatable bonds is 6. The Balaban J connectivity index is 3.15. The van der Waals surface area contributed by atoms with Gasteiger partial charge in [-0.3, -0.25) is 0 Å². The van der Waals surface area contributed by atoms with Gasteiger partial charge < -0.3 is 14.2 Å². The lowest BCUT2D eigenvalue weighted by atomic mass is 9.96. The van der Waals surface area contributed by atoms with E-state index in [1.54, 1.807) is 14.0 Å². The van der Waals surface area contributed by atoms with Gasteiger partial charge in [0, 0.05) is 12.7 Å². The zero-order valence-corrected chi connectivity index (χ0v) is 11.8. The van der Waals surface area contributed by atoms with Gasteiger partial charge in [-0.15, -0.1) is 0 Å². The lowest BCUT2D eigenvalue weighted by Gasteiger charge is -2.19. The van der Waals surface area contributed by atoms with Crippen LogP contribution in [0.15, 0.2) is 35.9 Å². The van der Waals surface area contributed by atoms with E-state index in [1.165, 1.54) is 7.11 Å². The molecule has 0 aromatic heterocycles. The molecule has 0 aliphatic rings. The van der Waals surface area contributed by atoms with Crippen molar-refractivity contribution in [2.75, 3.05) is 21.0 Å². The fourth-order valence-electron chi connectivity index (χ4n) is 1.89. The second kappa shape index (κ2) is 7.71. The molecular weight excluding hydrogens is 244 g/mol. The van der Waals surface area contributed by atoms with Crippen molar-refractivity contribution in [1.29, 1.82) is 0 Å². The van der Waals surface area contributed by atoms with E-state index < -0.39 is 0 Å². The van der Waals surface area contributed by atoms with Gasteiger partial charge in [-0.25, -0.2) is 4.79 Å². The van der Waals surface area contributed by atoms with Crippen molar-refractivity contribution in [2.45, 2.75) is 20.0 Å². The van der Waals surface area contributed by atoms with Gasteiger partial charge in [0.25, 0.3) is 0 Å². The number of methoxy groups -OCH3 is 2. The molecule has 19 heavy (non-hydrogen) atoms. The number of hydrogen-bond donors (Lipinski definition) is 0. The first-order valence-corrected chi connectivity index (χ1v) is 6.06. The SMILES string of the molecule is COCOC(C)/C(=C(/C)C(=O)OC)c1ccccc1. The minimum atomic E-state index is -0.355. The smallest absolute Gasteiger partial charge is 0.333 e. The van der Waals surface area contributed by atoms with Crippen molar-refractivity contribution in [3.63, 3.8) is 0 Å². The summed E-state index contributed by atoms with van der Waals surface area (Å²) in [5, 5.41) is 0. The molecule has 0 N–H and O–H groups in total. The Hall–Kier alpha value is -1.65. The number of ether oxygens (including phenoxy) is 3. The van der Waals surface area contributed by atoms with Gasteiger partial charge >= 0.3 is 5.97 Å². The predicted octanol–water partition coefficient (Wildman–Crippen LogP) is 2.64. The van der Waals surface area contributed by atoms with Crippen LogP contribution in [0.4, 0.5) is 0 Å². The maximum Gasteiger partial charge on any atom is 0.333 e. The van der Waals surface area contributed by atoms with Crippen LogP contribution in [-0.2, 0) is 19.0 Å². The minimum Gasteiger partial charge on any atom is -0.466 e. The summed E-state index contributed by atoms with van der Waals surface area (Å²) in [6.45, 7) is 3.79. The van der Waals surface area contributed by atoms with Crippen LogP contribution in [0.5, 0.6) is 0 Å². The van der Waals surface area contributed by atoms with E-state index in [-0.39, 0.29) is 18.9 Å². The monoisotopic (exact) mass is 264 g/mol. The summed E-state index contributed by atoms with van der Waals surface area (Å²) >= 11 is 0. The first kappa shape index (κ1) is 15.4. The number of hydrogen-bond acceptors (Lipinski definition) is 4. The third kappa shape index (κ3) is 4.19. The Morgan fingerprint density at radius 2 is 1.84 bits per heavy atom. The van der Waals surface area contributed by atoms with Gasteiger partial charge in [-0.2, -0.15) is 0 Å². The van der Waals surface area contributed by atoms with Crippen molar-refractivity contribution in [2.24, 2.45) is 0 Å². The summed E-state index contributed by atoms with van der Waals surface area (Å²) < 4.78 is 15.2. The summed E-state index contributed by atoms with van der Waals surface area (Å²) in [6.07, 6.45) is -0.263. The van der Waals surface area contributed by atoms with Crippen LogP contribution in [0.3, 0.4) is 0 Å². The van der Waals surface area contributed by atoms with E-state index in [2.05, 4.69) is 0 Å². The van der Waals surface area contributed by atoms with Crippen molar-refractivity contribution in [1.82, 2.24) is 0 Å². The van der Waals surface area contributed by atoms with E-state index in [4.69, 9.17) is 14.2 Å². The minimum absolute atomic E-state index is 0.173. The number of carbonyl (C=O) groups is 1. The maximum absolute atomic E-state index is 11.7. The molecule has 0 aliphatic heterocycles. The molecule has 1 unspecified atom stereocenters. The summed E-state index contributed by atoms with van der Waals surface area (Å²) in [5.74, 6) is -0.355. The van der Waals surface area contributed by atoms with Gasteiger partial charge in [-0.05, 0) is 25.0 Å². The van der Waals surface area contributed by atoms with Gasteiger partial charge in [0.15, 0.2) is 0 Å². The highest BCUT2D eigenvalue weighted by Crippen LogP contribution is 2.25. The molecule has 104 valence electrons. The third-order valence-electron chi connectivity index (χ3n) is 2.82. The van der Waals surface area contributed by atoms with Crippen LogP contribution in [0.1, 0.15) is 19.4 Å². The summed E-state index contributed by atoms with van der Waals surface area (Å²) in [7, 11) is 2.93. The van der Waals surface area contributed by atoms with Crippen molar-refractivity contribution < 1.29 is 19.0 Å². The Kier molecular flexibility index (Phi) is 6.25. The Bertz CT molecular complexity index is 437. The highest BCUT2D eigenvalue weighted by atomic mass is 16.7.